The molecule has 0 atom stereocenters. The Kier molecular flexibility index (Phi) is 8.58. The predicted octanol–water partition coefficient (Wildman–Crippen LogP) is 4.95. The lowest BCUT2D eigenvalue weighted by Crippen LogP contribution is -2.21. The lowest BCUT2D eigenvalue weighted by molar-refractivity contribution is 0.0979. The smallest absolute Gasteiger partial charge is 0.412 e. The molecule has 3 rings (SSSR count). The number of rotatable bonds is 2. The first-order valence-corrected chi connectivity index (χ1v) is 9.12. The molecular formula is C20H23NO4S. The number of ketones is 2. The Hall–Kier alpha value is -2.60. The van der Waals surface area contributed by atoms with Gasteiger partial charge in [0, 0.05) is 27.9 Å². The number of benzene rings is 2. The molecule has 1 N–H and O–H groups in total. The van der Waals surface area contributed by atoms with E-state index in [9.17, 15) is 14.4 Å². The van der Waals surface area contributed by atoms with Gasteiger partial charge >= 0.3 is 6.09 Å². The maximum absolute atomic E-state index is 12.5. The Labute approximate surface area is 159 Å². The maximum Gasteiger partial charge on any atom is 0.412 e. The van der Waals surface area contributed by atoms with Gasteiger partial charge in [-0.2, -0.15) is 0 Å². The van der Waals surface area contributed by atoms with E-state index in [2.05, 4.69) is 22.7 Å². The second-order valence-corrected chi connectivity index (χ2v) is 4.91. The topological polar surface area (TPSA) is 72.5 Å². The Bertz CT molecular complexity index is 802. The van der Waals surface area contributed by atoms with Gasteiger partial charge in [-0.15, -0.1) is 12.6 Å². The van der Waals surface area contributed by atoms with Gasteiger partial charge in [-0.3, -0.25) is 14.9 Å². The minimum absolute atomic E-state index is 0.0540. The van der Waals surface area contributed by atoms with Gasteiger partial charge in [-0.05, 0) is 18.2 Å². The highest BCUT2D eigenvalue weighted by Crippen LogP contribution is 2.29. The molecule has 0 aliphatic heterocycles. The quantitative estimate of drug-likeness (QED) is 0.492. The molecule has 2 aromatic carbocycles. The van der Waals surface area contributed by atoms with Crippen molar-refractivity contribution >= 4 is 36.0 Å². The summed E-state index contributed by atoms with van der Waals surface area (Å²) in [5, 5.41) is 2.48. The Morgan fingerprint density at radius 1 is 0.885 bits per heavy atom. The summed E-state index contributed by atoms with van der Waals surface area (Å²) in [6.07, 6.45) is -0.676. The summed E-state index contributed by atoms with van der Waals surface area (Å²) in [4.78, 5) is 36.3. The van der Waals surface area contributed by atoms with Crippen molar-refractivity contribution in [3.8, 4) is 0 Å². The summed E-state index contributed by atoms with van der Waals surface area (Å²) >= 11 is 3.78. The van der Waals surface area contributed by atoms with Crippen LogP contribution in [0.15, 0.2) is 42.5 Å². The fourth-order valence-electron chi connectivity index (χ4n) is 2.39. The number of nitrogens with one attached hydrogen (secondary N) is 1. The molecule has 0 saturated heterocycles. The van der Waals surface area contributed by atoms with Crippen molar-refractivity contribution in [3.05, 3.63) is 64.7 Å². The number of carbonyl (C=O) groups is 3. The Morgan fingerprint density at radius 2 is 1.38 bits per heavy atom. The van der Waals surface area contributed by atoms with Gasteiger partial charge in [0.1, 0.15) is 5.94 Å². The van der Waals surface area contributed by atoms with Crippen molar-refractivity contribution in [1.29, 1.82) is 0 Å². The fraction of sp³-hybridized carbons (Fsp3) is 0.250. The number of ether oxygens (including phenoxy) is 1. The molecule has 1 aliphatic rings. The molecule has 0 saturated carbocycles. The first-order valence-electron chi connectivity index (χ1n) is 8.49. The molecule has 1 aliphatic carbocycles. The number of carbonyl (C=O) groups excluding carboxylic acids is 3. The molecule has 0 bridgehead atoms. The zero-order valence-electron chi connectivity index (χ0n) is 15.3. The van der Waals surface area contributed by atoms with E-state index in [0.29, 0.717) is 22.4 Å². The van der Waals surface area contributed by atoms with E-state index in [1.54, 1.807) is 30.3 Å². The summed E-state index contributed by atoms with van der Waals surface area (Å²) in [6, 6.07) is 11.2. The van der Waals surface area contributed by atoms with Crippen molar-refractivity contribution in [2.24, 2.45) is 0 Å². The van der Waals surface area contributed by atoms with E-state index >= 15 is 0 Å². The van der Waals surface area contributed by atoms with E-state index in [0.717, 1.165) is 0 Å². The second-order valence-electron chi connectivity index (χ2n) is 4.65. The molecule has 5 nitrogen and oxygen atoms in total. The molecule has 0 radical (unpaired) electrons. The van der Waals surface area contributed by atoms with Crippen molar-refractivity contribution in [3.63, 3.8) is 0 Å². The summed E-state index contributed by atoms with van der Waals surface area (Å²) in [6.45, 7) is 8.00. The van der Waals surface area contributed by atoms with Gasteiger partial charge in [-0.25, -0.2) is 4.79 Å². The number of hydrogen-bond acceptors (Lipinski definition) is 5. The number of hydrogen-bond donors (Lipinski definition) is 2. The molecule has 0 heterocycles. The van der Waals surface area contributed by atoms with Gasteiger partial charge in [0.25, 0.3) is 0 Å². The van der Waals surface area contributed by atoms with Crippen LogP contribution in [0.25, 0.3) is 0 Å². The van der Waals surface area contributed by atoms with Gasteiger partial charge < -0.3 is 4.74 Å². The van der Waals surface area contributed by atoms with Crippen LogP contribution in [0.2, 0.25) is 0 Å². The first-order chi connectivity index (χ1) is 12.6. The number of thiol groups is 1. The molecule has 1 amide bonds. The highest BCUT2D eigenvalue weighted by Gasteiger charge is 2.29. The van der Waals surface area contributed by atoms with Crippen molar-refractivity contribution < 1.29 is 19.1 Å². The van der Waals surface area contributed by atoms with Gasteiger partial charge in [-0.1, -0.05) is 52.0 Å². The molecular weight excluding hydrogens is 350 g/mol. The fourth-order valence-corrected chi connectivity index (χ4v) is 2.51. The lowest BCUT2D eigenvalue weighted by Gasteiger charge is -2.18. The monoisotopic (exact) mass is 373 g/mol. The van der Waals surface area contributed by atoms with E-state index in [1.165, 1.54) is 12.1 Å². The normalized spacial score (nSPS) is 11.0. The third-order valence-corrected chi connectivity index (χ3v) is 3.50. The lowest BCUT2D eigenvalue weighted by atomic mass is 9.84. The van der Waals surface area contributed by atoms with E-state index in [4.69, 9.17) is 0 Å². The first kappa shape index (κ1) is 21.4. The molecule has 0 unspecified atom stereocenters. The molecule has 26 heavy (non-hydrogen) atoms. The molecule has 138 valence electrons. The molecule has 0 aromatic heterocycles. The largest absolute Gasteiger partial charge is 0.439 e. The van der Waals surface area contributed by atoms with Crippen LogP contribution >= 0.6 is 12.6 Å². The standard InChI is InChI=1S/C16H11NO4S.2C2H6/c18-14-10-3-1-2-4-11(10)15(19)13-7-9(5-6-12(13)14)17-16(20)21-8-22;2*1-2/h1-7,22H,8H2,(H,17,20);2*1-2H3. The maximum atomic E-state index is 12.5. The summed E-state index contributed by atoms with van der Waals surface area (Å²) in [7, 11) is 0. The zero-order valence-corrected chi connectivity index (χ0v) is 16.2. The predicted molar refractivity (Wildman–Crippen MR) is 106 cm³/mol. The highest BCUT2D eigenvalue weighted by molar-refractivity contribution is 7.80. The third-order valence-electron chi connectivity index (χ3n) is 3.37. The minimum atomic E-state index is -0.676. The van der Waals surface area contributed by atoms with Crippen LogP contribution in [0.1, 0.15) is 59.5 Å². The Balaban J connectivity index is 0.000000791. The van der Waals surface area contributed by atoms with Gasteiger partial charge in [0.15, 0.2) is 11.6 Å². The SMILES string of the molecule is CC.CC.O=C(Nc1ccc2c(c1)C(=O)c1ccccc1C2=O)OCS. The average Bonchev–Trinajstić information content (AvgIpc) is 2.69. The highest BCUT2D eigenvalue weighted by atomic mass is 32.1. The average molecular weight is 373 g/mol. The van der Waals surface area contributed by atoms with Crippen LogP contribution in [-0.4, -0.2) is 23.6 Å². The zero-order chi connectivity index (χ0) is 19.7. The van der Waals surface area contributed by atoms with E-state index < -0.39 is 6.09 Å². The van der Waals surface area contributed by atoms with Crippen molar-refractivity contribution in [2.45, 2.75) is 27.7 Å². The van der Waals surface area contributed by atoms with Crippen molar-refractivity contribution in [1.82, 2.24) is 0 Å². The van der Waals surface area contributed by atoms with Crippen LogP contribution in [-0.2, 0) is 4.74 Å². The van der Waals surface area contributed by atoms with E-state index in [-0.39, 0.29) is 23.1 Å². The van der Waals surface area contributed by atoms with Gasteiger partial charge in [0.2, 0.25) is 0 Å². The third kappa shape index (κ3) is 4.52. The number of amides is 1. The summed E-state index contributed by atoms with van der Waals surface area (Å²) in [5.74, 6) is -0.493. The van der Waals surface area contributed by atoms with Crippen LogP contribution < -0.4 is 5.32 Å². The van der Waals surface area contributed by atoms with Crippen molar-refractivity contribution in [2.75, 3.05) is 11.3 Å². The summed E-state index contributed by atoms with van der Waals surface area (Å²) in [5.41, 5.74) is 1.75. The summed E-state index contributed by atoms with van der Waals surface area (Å²) < 4.78 is 4.66. The number of anilines is 1. The molecule has 6 heteroatoms. The Morgan fingerprint density at radius 3 is 1.92 bits per heavy atom. The molecule has 0 spiro atoms. The van der Waals surface area contributed by atoms with Crippen LogP contribution in [0.5, 0.6) is 0 Å². The minimum Gasteiger partial charge on any atom is -0.439 e. The van der Waals surface area contributed by atoms with Crippen LogP contribution in [0, 0.1) is 0 Å². The van der Waals surface area contributed by atoms with Crippen LogP contribution in [0.3, 0.4) is 0 Å². The number of fused-ring (bicyclic) bond motifs is 2. The van der Waals surface area contributed by atoms with Crippen LogP contribution in [0.4, 0.5) is 10.5 Å². The molecule has 0 fully saturated rings. The molecule has 2 aromatic rings. The van der Waals surface area contributed by atoms with E-state index in [1.807, 2.05) is 27.7 Å². The van der Waals surface area contributed by atoms with Gasteiger partial charge in [0.05, 0.1) is 0 Å². The second kappa shape index (κ2) is 10.4.